The lowest BCUT2D eigenvalue weighted by Crippen LogP contribution is -2.05. The number of nitrogens with zero attached hydrogens (tertiary/aromatic N) is 1. The molecule has 0 heterocycles. The van der Waals surface area contributed by atoms with Crippen LogP contribution in [-0.2, 0) is 6.42 Å². The molecule has 1 aromatic carbocycles. The zero-order chi connectivity index (χ0) is 10.8. The van der Waals surface area contributed by atoms with Crippen molar-refractivity contribution in [2.24, 2.45) is 5.16 Å². The Labute approximate surface area is 89.4 Å². The molecule has 0 saturated heterocycles. The smallest absolute Gasteiger partial charge is 0.120 e. The highest BCUT2D eigenvalue weighted by Gasteiger charge is 2.18. The first-order chi connectivity index (χ1) is 7.20. The van der Waals surface area contributed by atoms with Crippen molar-refractivity contribution < 1.29 is 9.94 Å². The van der Waals surface area contributed by atoms with Crippen LogP contribution in [0.2, 0.25) is 0 Å². The molecule has 0 spiro atoms. The molecule has 0 bridgehead atoms. The topological polar surface area (TPSA) is 41.8 Å². The van der Waals surface area contributed by atoms with E-state index in [0.29, 0.717) is 0 Å². The minimum atomic E-state index is 0.190. The van der Waals surface area contributed by atoms with Crippen LogP contribution in [0.1, 0.15) is 31.4 Å². The lowest BCUT2D eigenvalue weighted by molar-refractivity contribution is 0.242. The van der Waals surface area contributed by atoms with Gasteiger partial charge in [0, 0.05) is 5.56 Å². The average molecular weight is 205 g/mol. The number of ether oxygens (including phenoxy) is 1. The van der Waals surface area contributed by atoms with E-state index in [9.17, 15) is 0 Å². The molecule has 3 nitrogen and oxygen atoms in total. The lowest BCUT2D eigenvalue weighted by atomic mass is 10.1. The van der Waals surface area contributed by atoms with Gasteiger partial charge in [-0.15, -0.1) is 0 Å². The van der Waals surface area contributed by atoms with Gasteiger partial charge in [0.25, 0.3) is 0 Å². The fourth-order valence-corrected chi connectivity index (χ4v) is 1.90. The molecule has 0 radical (unpaired) electrons. The van der Waals surface area contributed by atoms with E-state index in [-0.39, 0.29) is 6.10 Å². The monoisotopic (exact) mass is 205 g/mol. The molecule has 0 aliphatic heterocycles. The first-order valence-electron chi connectivity index (χ1n) is 5.21. The van der Waals surface area contributed by atoms with E-state index in [4.69, 9.17) is 9.94 Å². The van der Waals surface area contributed by atoms with E-state index in [1.807, 2.05) is 32.0 Å². The summed E-state index contributed by atoms with van der Waals surface area (Å²) in [5.41, 5.74) is 3.04. The molecule has 1 aromatic rings. The number of rotatable bonds is 2. The summed E-state index contributed by atoms with van der Waals surface area (Å²) in [5, 5.41) is 12.1. The second kappa shape index (κ2) is 3.93. The molecule has 0 fully saturated rings. The molecule has 3 heteroatoms. The Morgan fingerprint density at radius 2 is 2.13 bits per heavy atom. The summed E-state index contributed by atoms with van der Waals surface area (Å²) in [5.74, 6) is 0.892. The van der Waals surface area contributed by atoms with Gasteiger partial charge < -0.3 is 9.94 Å². The van der Waals surface area contributed by atoms with Crippen molar-refractivity contribution in [2.75, 3.05) is 0 Å². The van der Waals surface area contributed by atoms with Gasteiger partial charge in [-0.2, -0.15) is 0 Å². The molecule has 0 aromatic heterocycles. The number of fused-ring (bicyclic) bond motifs is 1. The van der Waals surface area contributed by atoms with E-state index >= 15 is 0 Å². The summed E-state index contributed by atoms with van der Waals surface area (Å²) in [6, 6.07) is 5.93. The summed E-state index contributed by atoms with van der Waals surface area (Å²) >= 11 is 0. The molecular formula is C12H15NO2. The largest absolute Gasteiger partial charge is 0.491 e. The van der Waals surface area contributed by atoms with E-state index in [1.54, 1.807) is 0 Å². The van der Waals surface area contributed by atoms with Gasteiger partial charge in [0.1, 0.15) is 5.75 Å². The molecule has 0 amide bonds. The highest BCUT2D eigenvalue weighted by molar-refractivity contribution is 6.04. The zero-order valence-corrected chi connectivity index (χ0v) is 9.03. The third-order valence-corrected chi connectivity index (χ3v) is 2.51. The van der Waals surface area contributed by atoms with Gasteiger partial charge in [-0.1, -0.05) is 5.16 Å². The third kappa shape index (κ3) is 1.96. The van der Waals surface area contributed by atoms with Crippen LogP contribution in [0.25, 0.3) is 0 Å². The Morgan fingerprint density at radius 1 is 1.33 bits per heavy atom. The molecule has 2 rings (SSSR count). The van der Waals surface area contributed by atoms with Crippen molar-refractivity contribution >= 4 is 5.71 Å². The van der Waals surface area contributed by atoms with Gasteiger partial charge in [0.05, 0.1) is 11.8 Å². The average Bonchev–Trinajstić information content (AvgIpc) is 2.58. The molecule has 80 valence electrons. The van der Waals surface area contributed by atoms with Crippen LogP contribution >= 0.6 is 0 Å². The van der Waals surface area contributed by atoms with Gasteiger partial charge in [0.15, 0.2) is 0 Å². The molecule has 0 saturated carbocycles. The zero-order valence-electron chi connectivity index (χ0n) is 9.03. The fourth-order valence-electron chi connectivity index (χ4n) is 1.90. The highest BCUT2D eigenvalue weighted by atomic mass is 16.5. The standard InChI is InChI=1S/C12H15NO2/c1-8(2)15-10-4-5-11-9(7-10)3-6-12(11)13-14/h4-5,7-8,14H,3,6H2,1-2H3/b13-12+. The SMILES string of the molecule is CC(C)Oc1ccc2c(c1)CC/C2=N\O. The van der Waals surface area contributed by atoms with Crippen LogP contribution in [0, 0.1) is 0 Å². The van der Waals surface area contributed by atoms with Gasteiger partial charge in [-0.3, -0.25) is 0 Å². The Balaban J connectivity index is 2.29. The summed E-state index contributed by atoms with van der Waals surface area (Å²) in [6.07, 6.45) is 1.94. The Kier molecular flexibility index (Phi) is 2.62. The number of benzene rings is 1. The number of oxime groups is 1. The highest BCUT2D eigenvalue weighted by Crippen LogP contribution is 2.27. The van der Waals surface area contributed by atoms with Gasteiger partial charge >= 0.3 is 0 Å². The second-order valence-electron chi connectivity index (χ2n) is 4.03. The fraction of sp³-hybridized carbons (Fsp3) is 0.417. The molecule has 1 aliphatic carbocycles. The minimum absolute atomic E-state index is 0.190. The van der Waals surface area contributed by atoms with Crippen molar-refractivity contribution in [1.29, 1.82) is 0 Å². The first-order valence-corrected chi connectivity index (χ1v) is 5.21. The normalized spacial score (nSPS) is 17.1. The van der Waals surface area contributed by atoms with Crippen LogP contribution < -0.4 is 4.74 Å². The van der Waals surface area contributed by atoms with E-state index in [2.05, 4.69) is 5.16 Å². The van der Waals surface area contributed by atoms with Crippen LogP contribution in [-0.4, -0.2) is 17.0 Å². The van der Waals surface area contributed by atoms with Gasteiger partial charge in [-0.05, 0) is 50.5 Å². The third-order valence-electron chi connectivity index (χ3n) is 2.51. The van der Waals surface area contributed by atoms with Crippen molar-refractivity contribution in [3.8, 4) is 5.75 Å². The summed E-state index contributed by atoms with van der Waals surface area (Å²) in [4.78, 5) is 0. The predicted octanol–water partition coefficient (Wildman–Crippen LogP) is 2.60. The van der Waals surface area contributed by atoms with Crippen molar-refractivity contribution in [3.63, 3.8) is 0 Å². The lowest BCUT2D eigenvalue weighted by Gasteiger charge is -2.10. The van der Waals surface area contributed by atoms with E-state index < -0.39 is 0 Å². The van der Waals surface area contributed by atoms with Crippen molar-refractivity contribution in [1.82, 2.24) is 0 Å². The van der Waals surface area contributed by atoms with Crippen LogP contribution in [0.15, 0.2) is 23.4 Å². The summed E-state index contributed by atoms with van der Waals surface area (Å²) < 4.78 is 5.61. The summed E-state index contributed by atoms with van der Waals surface area (Å²) in [7, 11) is 0. The molecule has 0 atom stereocenters. The maximum atomic E-state index is 8.78. The maximum absolute atomic E-state index is 8.78. The molecule has 1 aliphatic rings. The second-order valence-corrected chi connectivity index (χ2v) is 4.03. The van der Waals surface area contributed by atoms with Crippen LogP contribution in [0.4, 0.5) is 0 Å². The Bertz CT molecular complexity index is 397. The quantitative estimate of drug-likeness (QED) is 0.595. The first kappa shape index (κ1) is 10.0. The van der Waals surface area contributed by atoms with Gasteiger partial charge in [-0.25, -0.2) is 0 Å². The molecular weight excluding hydrogens is 190 g/mol. The van der Waals surface area contributed by atoms with E-state index in [1.165, 1.54) is 5.56 Å². The number of hydrogen-bond donors (Lipinski definition) is 1. The molecule has 15 heavy (non-hydrogen) atoms. The number of hydrogen-bond acceptors (Lipinski definition) is 3. The Morgan fingerprint density at radius 3 is 2.80 bits per heavy atom. The van der Waals surface area contributed by atoms with Gasteiger partial charge in [0.2, 0.25) is 0 Å². The van der Waals surface area contributed by atoms with Crippen LogP contribution in [0.5, 0.6) is 5.75 Å². The molecule has 0 unspecified atom stereocenters. The predicted molar refractivity (Wildman–Crippen MR) is 58.9 cm³/mol. The Hall–Kier alpha value is -1.51. The molecule has 1 N–H and O–H groups in total. The van der Waals surface area contributed by atoms with E-state index in [0.717, 1.165) is 29.9 Å². The summed E-state index contributed by atoms with van der Waals surface area (Å²) in [6.45, 7) is 4.02. The van der Waals surface area contributed by atoms with Crippen molar-refractivity contribution in [2.45, 2.75) is 32.8 Å². The van der Waals surface area contributed by atoms with Crippen LogP contribution in [0.3, 0.4) is 0 Å². The minimum Gasteiger partial charge on any atom is -0.491 e. The number of aryl methyl sites for hydroxylation is 1. The maximum Gasteiger partial charge on any atom is 0.120 e. The van der Waals surface area contributed by atoms with Crippen molar-refractivity contribution in [3.05, 3.63) is 29.3 Å².